The van der Waals surface area contributed by atoms with E-state index in [2.05, 4.69) is 20.3 Å². The lowest BCUT2D eigenvalue weighted by Crippen LogP contribution is -2.07. The van der Waals surface area contributed by atoms with Crippen LogP contribution >= 0.6 is 0 Å². The molecule has 2 aromatic rings. The van der Waals surface area contributed by atoms with Gasteiger partial charge in [-0.15, -0.1) is 0 Å². The molecule has 0 saturated carbocycles. The summed E-state index contributed by atoms with van der Waals surface area (Å²) >= 11 is 0. The average Bonchev–Trinajstić information content (AvgIpc) is 2.92. The van der Waals surface area contributed by atoms with E-state index in [0.29, 0.717) is 11.5 Å². The summed E-state index contributed by atoms with van der Waals surface area (Å²) in [7, 11) is 0. The number of unbranched alkanes of at least 4 members (excludes halogenated alkanes) is 1. The average molecular weight is 242 g/mol. The van der Waals surface area contributed by atoms with Crippen molar-refractivity contribution >= 4 is 5.82 Å². The van der Waals surface area contributed by atoms with Gasteiger partial charge in [-0.05, 0) is 12.8 Å². The molecule has 6 nitrogen and oxygen atoms in total. The summed E-state index contributed by atoms with van der Waals surface area (Å²) in [6.45, 7) is 1.73. The van der Waals surface area contributed by atoms with Crippen molar-refractivity contribution in [2.45, 2.75) is 19.4 Å². The summed E-state index contributed by atoms with van der Waals surface area (Å²) in [6, 6.07) is 2.01. The molecular formula is C12H14N6. The molecule has 0 aliphatic heterocycles. The van der Waals surface area contributed by atoms with E-state index in [9.17, 15) is 0 Å². The minimum absolute atomic E-state index is 0.340. The Labute approximate surface area is 105 Å². The summed E-state index contributed by atoms with van der Waals surface area (Å²) in [5.74, 6) is 0.558. The van der Waals surface area contributed by atoms with E-state index in [1.807, 2.05) is 23.2 Å². The SMILES string of the molecule is N#Cc1nccnc1NCCCCn1ccnc1. The molecule has 0 bridgehead atoms. The molecule has 0 fully saturated rings. The molecule has 0 aromatic carbocycles. The molecule has 18 heavy (non-hydrogen) atoms. The lowest BCUT2D eigenvalue weighted by atomic mass is 10.3. The van der Waals surface area contributed by atoms with Crippen molar-refractivity contribution in [3.63, 3.8) is 0 Å². The van der Waals surface area contributed by atoms with Crippen molar-refractivity contribution in [1.82, 2.24) is 19.5 Å². The molecule has 6 heteroatoms. The van der Waals surface area contributed by atoms with E-state index in [4.69, 9.17) is 5.26 Å². The zero-order chi connectivity index (χ0) is 12.6. The molecule has 1 N–H and O–H groups in total. The van der Waals surface area contributed by atoms with Gasteiger partial charge in [0.15, 0.2) is 11.5 Å². The van der Waals surface area contributed by atoms with E-state index >= 15 is 0 Å². The molecule has 0 atom stereocenters. The van der Waals surface area contributed by atoms with Gasteiger partial charge in [0.1, 0.15) is 6.07 Å². The van der Waals surface area contributed by atoms with E-state index in [1.54, 1.807) is 12.4 Å². The number of hydrogen-bond acceptors (Lipinski definition) is 5. The Kier molecular flexibility index (Phi) is 4.25. The highest BCUT2D eigenvalue weighted by Crippen LogP contribution is 2.06. The second-order valence-electron chi connectivity index (χ2n) is 3.80. The first kappa shape index (κ1) is 12.0. The van der Waals surface area contributed by atoms with Crippen LogP contribution in [0.15, 0.2) is 31.1 Å². The highest BCUT2D eigenvalue weighted by Gasteiger charge is 2.02. The van der Waals surface area contributed by atoms with Gasteiger partial charge in [-0.3, -0.25) is 0 Å². The van der Waals surface area contributed by atoms with Gasteiger partial charge in [-0.2, -0.15) is 5.26 Å². The summed E-state index contributed by atoms with van der Waals surface area (Å²) in [6.07, 6.45) is 10.7. The predicted molar refractivity (Wildman–Crippen MR) is 66.7 cm³/mol. The number of nitrogens with one attached hydrogen (secondary N) is 1. The first-order valence-electron chi connectivity index (χ1n) is 5.81. The van der Waals surface area contributed by atoms with Crippen LogP contribution in [0.25, 0.3) is 0 Å². The Morgan fingerprint density at radius 1 is 1.22 bits per heavy atom. The van der Waals surface area contributed by atoms with Gasteiger partial charge >= 0.3 is 0 Å². The van der Waals surface area contributed by atoms with Crippen molar-refractivity contribution in [1.29, 1.82) is 5.26 Å². The maximum Gasteiger partial charge on any atom is 0.182 e. The number of hydrogen-bond donors (Lipinski definition) is 1. The summed E-state index contributed by atoms with van der Waals surface area (Å²) in [5.41, 5.74) is 0.340. The van der Waals surface area contributed by atoms with Gasteiger partial charge in [0.25, 0.3) is 0 Å². The van der Waals surface area contributed by atoms with Crippen LogP contribution in [-0.2, 0) is 6.54 Å². The summed E-state index contributed by atoms with van der Waals surface area (Å²) < 4.78 is 2.04. The Balaban J connectivity index is 1.71. The first-order chi connectivity index (χ1) is 8.90. The standard InChI is InChI=1S/C12H14N6/c13-9-11-12(17-5-4-15-11)16-3-1-2-7-18-8-6-14-10-18/h4-6,8,10H,1-3,7H2,(H,16,17). The van der Waals surface area contributed by atoms with Crippen molar-refractivity contribution in [3.05, 3.63) is 36.8 Å². The third-order valence-electron chi connectivity index (χ3n) is 2.50. The van der Waals surface area contributed by atoms with Crippen LogP contribution in [0.2, 0.25) is 0 Å². The quantitative estimate of drug-likeness (QED) is 0.775. The van der Waals surface area contributed by atoms with Gasteiger partial charge in [0.05, 0.1) is 6.33 Å². The van der Waals surface area contributed by atoms with E-state index < -0.39 is 0 Å². The maximum absolute atomic E-state index is 8.84. The van der Waals surface area contributed by atoms with Crippen LogP contribution in [0, 0.1) is 11.3 Å². The first-order valence-corrected chi connectivity index (χ1v) is 5.81. The van der Waals surface area contributed by atoms with E-state index in [-0.39, 0.29) is 0 Å². The fourth-order valence-corrected chi connectivity index (χ4v) is 1.59. The largest absolute Gasteiger partial charge is 0.368 e. The van der Waals surface area contributed by atoms with Crippen molar-refractivity contribution in [2.24, 2.45) is 0 Å². The molecule has 0 aliphatic rings. The van der Waals surface area contributed by atoms with Crippen LogP contribution in [-0.4, -0.2) is 26.1 Å². The van der Waals surface area contributed by atoms with Crippen molar-refractivity contribution < 1.29 is 0 Å². The normalized spacial score (nSPS) is 9.94. The molecule has 92 valence electrons. The molecule has 0 aliphatic carbocycles. The molecule has 2 rings (SSSR count). The Morgan fingerprint density at radius 2 is 2.11 bits per heavy atom. The van der Waals surface area contributed by atoms with Gasteiger partial charge in [0, 0.05) is 37.9 Å². The van der Waals surface area contributed by atoms with Crippen molar-refractivity contribution in [3.8, 4) is 6.07 Å². The smallest absolute Gasteiger partial charge is 0.182 e. The van der Waals surface area contributed by atoms with Crippen LogP contribution in [0.1, 0.15) is 18.5 Å². The number of anilines is 1. The number of aromatic nitrogens is 4. The summed E-state index contributed by atoms with van der Waals surface area (Å²) in [5, 5.41) is 12.0. The topological polar surface area (TPSA) is 79.4 Å². The number of nitrogens with zero attached hydrogens (tertiary/aromatic N) is 5. The van der Waals surface area contributed by atoms with Gasteiger partial charge in [-0.25, -0.2) is 15.0 Å². The molecule has 0 amide bonds. The van der Waals surface area contributed by atoms with Crippen LogP contribution < -0.4 is 5.32 Å². The van der Waals surface area contributed by atoms with Gasteiger partial charge < -0.3 is 9.88 Å². The third-order valence-corrected chi connectivity index (χ3v) is 2.50. The third kappa shape index (κ3) is 3.28. The maximum atomic E-state index is 8.84. The number of imidazole rings is 1. The number of rotatable bonds is 6. The van der Waals surface area contributed by atoms with Gasteiger partial charge in [0.2, 0.25) is 0 Å². The Morgan fingerprint density at radius 3 is 2.89 bits per heavy atom. The Hall–Kier alpha value is -2.42. The van der Waals surface area contributed by atoms with Gasteiger partial charge in [-0.1, -0.05) is 0 Å². The second-order valence-corrected chi connectivity index (χ2v) is 3.80. The van der Waals surface area contributed by atoms with E-state index in [1.165, 1.54) is 6.20 Å². The number of nitriles is 1. The van der Waals surface area contributed by atoms with Crippen LogP contribution in [0.4, 0.5) is 5.82 Å². The lowest BCUT2D eigenvalue weighted by Gasteiger charge is -2.06. The fourth-order valence-electron chi connectivity index (χ4n) is 1.59. The predicted octanol–water partition coefficient (Wildman–Crippen LogP) is 1.44. The molecule has 0 radical (unpaired) electrons. The molecule has 0 saturated heterocycles. The highest BCUT2D eigenvalue weighted by molar-refractivity contribution is 5.46. The fraction of sp³-hybridized carbons (Fsp3) is 0.333. The molecule has 2 aromatic heterocycles. The monoisotopic (exact) mass is 242 g/mol. The second kappa shape index (κ2) is 6.35. The van der Waals surface area contributed by atoms with E-state index in [0.717, 1.165) is 25.9 Å². The molecule has 0 spiro atoms. The molecule has 2 heterocycles. The number of aryl methyl sites for hydroxylation is 1. The zero-order valence-electron chi connectivity index (χ0n) is 9.95. The van der Waals surface area contributed by atoms with Crippen molar-refractivity contribution in [2.75, 3.05) is 11.9 Å². The minimum Gasteiger partial charge on any atom is -0.368 e. The summed E-state index contributed by atoms with van der Waals surface area (Å²) in [4.78, 5) is 12.0. The van der Waals surface area contributed by atoms with Crippen LogP contribution in [0.5, 0.6) is 0 Å². The lowest BCUT2D eigenvalue weighted by molar-refractivity contribution is 0.620. The molecular weight excluding hydrogens is 228 g/mol. The molecule has 0 unspecified atom stereocenters. The highest BCUT2D eigenvalue weighted by atomic mass is 15.0. The van der Waals surface area contributed by atoms with Crippen LogP contribution in [0.3, 0.4) is 0 Å². The minimum atomic E-state index is 0.340. The zero-order valence-corrected chi connectivity index (χ0v) is 9.95. The Bertz CT molecular complexity index is 514.